The van der Waals surface area contributed by atoms with Crippen molar-refractivity contribution in [2.75, 3.05) is 0 Å². The number of carbonyl (C=O) groups is 1. The zero-order valence-corrected chi connectivity index (χ0v) is 16.7. The number of fused-ring (bicyclic) bond motifs is 1. The Morgan fingerprint density at radius 1 is 0.875 bits per heavy atom. The average Bonchev–Trinajstić information content (AvgIpc) is 2.73. The number of aliphatic hydroxyl groups excluding tert-OH is 3. The van der Waals surface area contributed by atoms with Crippen molar-refractivity contribution >= 4 is 5.78 Å². The molecule has 11 nitrogen and oxygen atoms in total. The van der Waals surface area contributed by atoms with Gasteiger partial charge in [0.05, 0.1) is 6.10 Å². The summed E-state index contributed by atoms with van der Waals surface area (Å²) in [6.07, 6.45) is -10.0. The van der Waals surface area contributed by atoms with Crippen LogP contribution >= 0.6 is 0 Å². The lowest BCUT2D eigenvalue weighted by Gasteiger charge is -2.42. The molecule has 0 unspecified atom stereocenters. The van der Waals surface area contributed by atoms with Crippen molar-refractivity contribution in [3.05, 3.63) is 41.5 Å². The van der Waals surface area contributed by atoms with Gasteiger partial charge in [-0.25, -0.2) is 0 Å². The second-order valence-corrected chi connectivity index (χ2v) is 7.73. The standard InChI is InChI=1S/C21H22O11/c1-7-15(26)17(28)18(29)21(30-7)32-20-16(27)14-12(25)5-9(22)6-13(14)31-19(20)8-2-3-10(23)11(24)4-8/h2-7,15,17-26,28-29H,1H3/t7-,15-,17-,18+,19+,20+,21-/m1/s1. The number of ketones is 1. The van der Waals surface area contributed by atoms with Crippen LogP contribution in [0.3, 0.4) is 0 Å². The smallest absolute Gasteiger partial charge is 0.203 e. The maximum absolute atomic E-state index is 13.3. The molecule has 11 heteroatoms. The molecule has 0 aromatic heterocycles. The molecule has 1 fully saturated rings. The minimum Gasteiger partial charge on any atom is -0.508 e. The van der Waals surface area contributed by atoms with Crippen LogP contribution in [0.15, 0.2) is 30.3 Å². The SMILES string of the molecule is C[C@H]1O[C@H](O[C@H]2C(=O)c3c(O)cc(O)cc3O[C@H]2c2ccc(O)c(O)c2)[C@@H](O)[C@H](O)[C@@H]1O. The van der Waals surface area contributed by atoms with Gasteiger partial charge in [-0.3, -0.25) is 4.79 Å². The number of carbonyl (C=O) groups excluding carboxylic acids is 1. The molecule has 7 atom stereocenters. The third-order valence-corrected chi connectivity index (χ3v) is 5.52. The molecule has 2 aromatic carbocycles. The van der Waals surface area contributed by atoms with Crippen molar-refractivity contribution < 1.29 is 54.8 Å². The molecule has 0 bridgehead atoms. The normalized spacial score (nSPS) is 32.2. The first kappa shape index (κ1) is 22.1. The number of benzene rings is 2. The van der Waals surface area contributed by atoms with Gasteiger partial charge in [-0.15, -0.1) is 0 Å². The van der Waals surface area contributed by atoms with E-state index < -0.39 is 65.9 Å². The van der Waals surface area contributed by atoms with Gasteiger partial charge in [0, 0.05) is 12.1 Å². The van der Waals surface area contributed by atoms with Gasteiger partial charge in [0.15, 0.2) is 30.0 Å². The summed E-state index contributed by atoms with van der Waals surface area (Å²) in [6.45, 7) is 1.44. The predicted octanol–water partition coefficient (Wildman–Crippen LogP) is 0.0381. The van der Waals surface area contributed by atoms with E-state index in [4.69, 9.17) is 14.2 Å². The largest absolute Gasteiger partial charge is 0.508 e. The first-order valence-electron chi connectivity index (χ1n) is 9.72. The predicted molar refractivity (Wildman–Crippen MR) is 104 cm³/mol. The maximum Gasteiger partial charge on any atom is 0.203 e. The number of phenols is 4. The number of hydrogen-bond donors (Lipinski definition) is 7. The highest BCUT2D eigenvalue weighted by atomic mass is 16.7. The Hall–Kier alpha value is -3.09. The Balaban J connectivity index is 1.75. The highest BCUT2D eigenvalue weighted by Crippen LogP contribution is 2.44. The summed E-state index contributed by atoms with van der Waals surface area (Å²) in [5.41, 5.74) is -0.1000. The topological polar surface area (TPSA) is 186 Å². The van der Waals surface area contributed by atoms with Crippen LogP contribution in [0.25, 0.3) is 0 Å². The Bertz CT molecular complexity index is 1040. The number of hydrogen-bond acceptors (Lipinski definition) is 11. The van der Waals surface area contributed by atoms with E-state index in [0.717, 1.165) is 18.2 Å². The van der Waals surface area contributed by atoms with Gasteiger partial charge >= 0.3 is 0 Å². The molecule has 0 spiro atoms. The van der Waals surface area contributed by atoms with Gasteiger partial charge in [0.1, 0.15) is 41.1 Å². The Labute approximate surface area is 181 Å². The van der Waals surface area contributed by atoms with Gasteiger partial charge in [0.2, 0.25) is 5.78 Å². The quantitative estimate of drug-likeness (QED) is 0.313. The number of aliphatic hydroxyl groups is 3. The van der Waals surface area contributed by atoms with Crippen LogP contribution in [0.4, 0.5) is 0 Å². The first-order chi connectivity index (χ1) is 15.1. The number of rotatable bonds is 3. The molecule has 2 aromatic rings. The summed E-state index contributed by atoms with van der Waals surface area (Å²) >= 11 is 0. The average molecular weight is 450 g/mol. The first-order valence-corrected chi connectivity index (χ1v) is 9.72. The summed E-state index contributed by atoms with van der Waals surface area (Å²) in [5.74, 6) is -2.79. The van der Waals surface area contributed by atoms with E-state index in [1.165, 1.54) is 19.1 Å². The molecule has 2 heterocycles. The highest BCUT2D eigenvalue weighted by molar-refractivity contribution is 6.05. The highest BCUT2D eigenvalue weighted by Gasteiger charge is 2.48. The van der Waals surface area contributed by atoms with Gasteiger partial charge in [0.25, 0.3) is 0 Å². The molecule has 0 amide bonds. The number of ether oxygens (including phenoxy) is 3. The minimum atomic E-state index is -1.71. The molecule has 0 radical (unpaired) electrons. The maximum atomic E-state index is 13.3. The number of Topliss-reactive ketones (excluding diaryl/α,β-unsaturated/α-hetero) is 1. The fraction of sp³-hybridized carbons (Fsp3) is 0.381. The zero-order valence-electron chi connectivity index (χ0n) is 16.7. The molecule has 2 aliphatic heterocycles. The van der Waals surface area contributed by atoms with Crippen LogP contribution in [0.1, 0.15) is 28.9 Å². The van der Waals surface area contributed by atoms with Crippen molar-refractivity contribution in [2.24, 2.45) is 0 Å². The van der Waals surface area contributed by atoms with E-state index in [-0.39, 0.29) is 22.6 Å². The van der Waals surface area contributed by atoms with Gasteiger partial charge in [-0.05, 0) is 24.6 Å². The molecule has 32 heavy (non-hydrogen) atoms. The second kappa shape index (κ2) is 8.11. The molecule has 0 aliphatic carbocycles. The third-order valence-electron chi connectivity index (χ3n) is 5.52. The lowest BCUT2D eigenvalue weighted by molar-refractivity contribution is -0.304. The third kappa shape index (κ3) is 3.70. The fourth-order valence-electron chi connectivity index (χ4n) is 3.77. The van der Waals surface area contributed by atoms with Crippen LogP contribution in [0, 0.1) is 0 Å². The second-order valence-electron chi connectivity index (χ2n) is 7.73. The van der Waals surface area contributed by atoms with E-state index in [9.17, 15) is 40.5 Å². The van der Waals surface area contributed by atoms with Crippen LogP contribution in [-0.2, 0) is 9.47 Å². The monoisotopic (exact) mass is 450 g/mol. The molecule has 4 rings (SSSR count). The van der Waals surface area contributed by atoms with Gasteiger partial charge in [-0.1, -0.05) is 6.07 Å². The summed E-state index contributed by atoms with van der Waals surface area (Å²) in [7, 11) is 0. The molecule has 0 saturated carbocycles. The molecular weight excluding hydrogens is 428 g/mol. The van der Waals surface area contributed by atoms with Crippen molar-refractivity contribution in [1.82, 2.24) is 0 Å². The molecule has 172 valence electrons. The molecule has 7 N–H and O–H groups in total. The fourth-order valence-corrected chi connectivity index (χ4v) is 3.77. The number of phenolic OH excluding ortho intramolecular Hbond substituents is 4. The molecule has 2 aliphatic rings. The Morgan fingerprint density at radius 2 is 1.59 bits per heavy atom. The zero-order chi connectivity index (χ0) is 23.3. The van der Waals surface area contributed by atoms with Gasteiger partial charge in [-0.2, -0.15) is 0 Å². The van der Waals surface area contributed by atoms with E-state index >= 15 is 0 Å². The summed E-state index contributed by atoms with van der Waals surface area (Å²) in [6, 6.07) is 5.72. The lowest BCUT2D eigenvalue weighted by atomic mass is 9.92. The van der Waals surface area contributed by atoms with E-state index in [1.807, 2.05) is 0 Å². The van der Waals surface area contributed by atoms with Crippen LogP contribution in [-0.4, -0.2) is 78.3 Å². The molecular formula is C21H22O11. The summed E-state index contributed by atoms with van der Waals surface area (Å²) in [4.78, 5) is 13.3. The number of aromatic hydroxyl groups is 4. The van der Waals surface area contributed by atoms with Crippen molar-refractivity contribution in [1.29, 1.82) is 0 Å². The van der Waals surface area contributed by atoms with Crippen molar-refractivity contribution in [3.63, 3.8) is 0 Å². The van der Waals surface area contributed by atoms with E-state index in [2.05, 4.69) is 0 Å². The minimum absolute atomic E-state index is 0.154. The van der Waals surface area contributed by atoms with Gasteiger partial charge < -0.3 is 50.0 Å². The van der Waals surface area contributed by atoms with Crippen molar-refractivity contribution in [2.45, 2.75) is 49.8 Å². The Morgan fingerprint density at radius 3 is 2.28 bits per heavy atom. The summed E-state index contributed by atoms with van der Waals surface area (Å²) in [5, 5.41) is 69.7. The Kier molecular flexibility index (Phi) is 5.61. The van der Waals surface area contributed by atoms with Crippen LogP contribution in [0.2, 0.25) is 0 Å². The lowest BCUT2D eigenvalue weighted by Crippen LogP contribution is -2.59. The summed E-state index contributed by atoms with van der Waals surface area (Å²) < 4.78 is 16.9. The van der Waals surface area contributed by atoms with Crippen molar-refractivity contribution in [3.8, 4) is 28.7 Å². The van der Waals surface area contributed by atoms with E-state index in [0.29, 0.717) is 0 Å². The van der Waals surface area contributed by atoms with E-state index in [1.54, 1.807) is 0 Å². The molecule has 1 saturated heterocycles. The van der Waals surface area contributed by atoms with Crippen LogP contribution < -0.4 is 4.74 Å². The van der Waals surface area contributed by atoms with Crippen LogP contribution in [0.5, 0.6) is 28.7 Å².